The lowest BCUT2D eigenvalue weighted by Crippen LogP contribution is -2.04. The Hall–Kier alpha value is 0. The highest BCUT2D eigenvalue weighted by molar-refractivity contribution is 4.82. The quantitative estimate of drug-likeness (QED) is 0.191. The summed E-state index contributed by atoms with van der Waals surface area (Å²) in [7, 11) is 0. The van der Waals surface area contributed by atoms with E-state index in [4.69, 9.17) is 0 Å². The molecule has 0 radical (unpaired) electrons. The predicted octanol–water partition coefficient (Wildman–Crippen LogP) is 28.4. The van der Waals surface area contributed by atoms with E-state index in [1.54, 1.807) is 0 Å². The number of unbranched alkanes of at least 4 members (excludes halogenated alkanes) is 6. The topological polar surface area (TPSA) is 0 Å². The molecule has 0 heterocycles. The van der Waals surface area contributed by atoms with Crippen molar-refractivity contribution in [3.63, 3.8) is 0 Å². The van der Waals surface area contributed by atoms with Crippen molar-refractivity contribution in [2.75, 3.05) is 0 Å². The molecule has 0 nitrogen and oxygen atoms in total. The third kappa shape index (κ3) is 223. The Morgan fingerprint density at radius 2 is 0.600 bits per heavy atom. The van der Waals surface area contributed by atoms with Crippen molar-refractivity contribution in [1.29, 1.82) is 0 Å². The van der Waals surface area contributed by atoms with E-state index in [2.05, 4.69) is 215 Å². The van der Waals surface area contributed by atoms with Gasteiger partial charge in [-0.2, -0.15) is 0 Å². The van der Waals surface area contributed by atoms with Crippen LogP contribution in [0.25, 0.3) is 0 Å². The molecular weight excluding hydrogens is 841 g/mol. The zero-order valence-corrected chi connectivity index (χ0v) is 58.2. The second kappa shape index (κ2) is 80.4. The summed E-state index contributed by atoms with van der Waals surface area (Å²) in [6, 6.07) is 0. The SMILES string of the molecule is CC.CC.CC(C)(C)C.CC(C)C.CC1(C)CC1.CC1CC1.CC1CCC1.CC1C[C@H]1C.CCC.CCC(C)C.CCC(C)C.CCC(C)C.CCC1CC1.CCCC.CCCCC.CCCCCC. The van der Waals surface area contributed by atoms with Crippen LogP contribution in [0.4, 0.5) is 0 Å². The van der Waals surface area contributed by atoms with Crippen molar-refractivity contribution in [2.45, 2.75) is 396 Å². The summed E-state index contributed by atoms with van der Waals surface area (Å²) in [4.78, 5) is 0. The molecule has 5 aliphatic rings. The summed E-state index contributed by atoms with van der Waals surface area (Å²) in [6.45, 7) is 76.7. The summed E-state index contributed by atoms with van der Waals surface area (Å²) in [6.07, 6.45) is 33.7. The highest BCUT2D eigenvalue weighted by Crippen LogP contribution is 2.43. The molecule has 70 heavy (non-hydrogen) atoms. The fourth-order valence-corrected chi connectivity index (χ4v) is 2.92. The van der Waals surface area contributed by atoms with Crippen molar-refractivity contribution in [1.82, 2.24) is 0 Å². The van der Waals surface area contributed by atoms with Crippen LogP contribution >= 0.6 is 0 Å². The molecule has 0 aromatic rings. The van der Waals surface area contributed by atoms with Crippen LogP contribution in [0.5, 0.6) is 0 Å². The smallest absolute Gasteiger partial charge is 0.0354 e. The van der Waals surface area contributed by atoms with E-state index in [1.807, 2.05) is 27.7 Å². The maximum absolute atomic E-state index is 2.31. The molecule has 2 atom stereocenters. The molecule has 1 unspecified atom stereocenters. The molecule has 5 aliphatic carbocycles. The van der Waals surface area contributed by atoms with Crippen molar-refractivity contribution >= 4 is 0 Å². The molecule has 0 amide bonds. The molecule has 5 fully saturated rings. The molecule has 0 aromatic heterocycles. The zero-order chi connectivity index (χ0) is 58.2. The lowest BCUT2D eigenvalue weighted by atomic mass is 9.88. The minimum Gasteiger partial charge on any atom is -0.0683 e. The van der Waals surface area contributed by atoms with Crippen LogP contribution in [0.15, 0.2) is 0 Å². The molecule has 0 N–H and O–H groups in total. The Kier molecular flexibility index (Phi) is 110. The predicted molar refractivity (Wildman–Crippen MR) is 346 cm³/mol. The van der Waals surface area contributed by atoms with Crippen molar-refractivity contribution in [3.8, 4) is 0 Å². The summed E-state index contributed by atoms with van der Waals surface area (Å²) in [5.41, 5.74) is 1.25. The minimum atomic E-state index is 0.500. The average molecular weight is 1000 g/mol. The Morgan fingerprint density at radius 1 is 0.414 bits per heavy atom. The molecule has 0 saturated heterocycles. The lowest BCUT2D eigenvalue weighted by molar-refractivity contribution is 0.346. The monoisotopic (exact) mass is 1000 g/mol. The number of hydrogen-bond acceptors (Lipinski definition) is 0. The molecule has 5 rings (SSSR count). The van der Waals surface area contributed by atoms with Gasteiger partial charge in [0.25, 0.3) is 0 Å². The van der Waals surface area contributed by atoms with E-state index in [9.17, 15) is 0 Å². The van der Waals surface area contributed by atoms with Crippen LogP contribution in [0.1, 0.15) is 396 Å². The third-order valence-electron chi connectivity index (χ3n) is 10.9. The van der Waals surface area contributed by atoms with Crippen LogP contribution in [0, 0.1) is 64.1 Å². The van der Waals surface area contributed by atoms with E-state index in [1.165, 1.54) is 154 Å². The Labute approximate surface area is 458 Å². The number of hydrogen-bond donors (Lipinski definition) is 0. The second-order valence-electron chi connectivity index (χ2n) is 25.3. The van der Waals surface area contributed by atoms with Gasteiger partial charge in [-0.1, -0.05) is 377 Å². The summed E-state index contributed by atoms with van der Waals surface area (Å²) >= 11 is 0. The van der Waals surface area contributed by atoms with Crippen LogP contribution in [-0.2, 0) is 0 Å². The maximum atomic E-state index is 2.31. The van der Waals surface area contributed by atoms with E-state index < -0.39 is 0 Å². The van der Waals surface area contributed by atoms with Gasteiger partial charge in [0.1, 0.15) is 0 Å². The van der Waals surface area contributed by atoms with Gasteiger partial charge < -0.3 is 0 Å². The average Bonchev–Trinajstić information content (AvgIpc) is 4.09. The number of rotatable bonds is 10. The highest BCUT2D eigenvalue weighted by Gasteiger charge is 2.30. The van der Waals surface area contributed by atoms with Crippen LogP contribution in [0.2, 0.25) is 0 Å². The fraction of sp³-hybridized carbons (Fsp3) is 1.00. The summed E-state index contributed by atoms with van der Waals surface area (Å²) < 4.78 is 0. The van der Waals surface area contributed by atoms with Crippen LogP contribution in [-0.4, -0.2) is 0 Å². The van der Waals surface area contributed by atoms with Crippen molar-refractivity contribution in [2.24, 2.45) is 64.1 Å². The lowest BCUT2D eigenvalue weighted by Gasteiger charge is -2.18. The molecule has 0 bridgehead atoms. The standard InChI is InChI=1S/C6H14.4C5H10.5C5H12.C4H8.2C4H10.C3H8.2C2H6/c1-3-5-6-4-2;1-5(2)3-4-5;1-4-3-5(4)2;1-5-3-2-4-5;1-2-5-3-4-5;1-5(2,3)4;3*1-4-5(2)3;1-3-5-4-2;1-4-2-3-4;1-4(2)3;1-3-4-2;1-3-2;2*1-2/h3-6H2,1-2H3;3-4H2,1-2H3;4-5H,3H2,1-2H3;2*5H,2-4H2,1H3;1-4H3;3*5H,4H2,1-3H3;3-5H2,1-2H3;4H,2-3H2,1H3;4H,1-3H3;3-4H2,1-2H3;3H2,1-2H3;2*1-2H3/t;;4-,5?;;;;;;;;;;;;;/m..1............./s1. The van der Waals surface area contributed by atoms with Crippen LogP contribution < -0.4 is 0 Å². The molecule has 442 valence electrons. The second-order valence-corrected chi connectivity index (χ2v) is 25.3. The zero-order valence-electron chi connectivity index (χ0n) is 58.2. The first kappa shape index (κ1) is 95.7. The van der Waals surface area contributed by atoms with Gasteiger partial charge in [0.05, 0.1) is 0 Å². The Morgan fingerprint density at radius 3 is 0.614 bits per heavy atom. The van der Waals surface area contributed by atoms with Gasteiger partial charge in [-0.25, -0.2) is 0 Å². The van der Waals surface area contributed by atoms with Gasteiger partial charge in [0.2, 0.25) is 0 Å². The first-order valence-corrected chi connectivity index (χ1v) is 32.4. The van der Waals surface area contributed by atoms with E-state index in [0.29, 0.717) is 5.41 Å². The largest absolute Gasteiger partial charge is 0.0683 e. The van der Waals surface area contributed by atoms with E-state index in [0.717, 1.165) is 58.7 Å². The van der Waals surface area contributed by atoms with E-state index in [-0.39, 0.29) is 0 Å². The van der Waals surface area contributed by atoms with Crippen molar-refractivity contribution < 1.29 is 0 Å². The maximum Gasteiger partial charge on any atom is -0.0354 e. The molecule has 0 spiro atoms. The van der Waals surface area contributed by atoms with Gasteiger partial charge in [0.15, 0.2) is 0 Å². The normalized spacial score (nSPS) is 16.3. The van der Waals surface area contributed by atoms with Gasteiger partial charge in [-0.3, -0.25) is 0 Å². The molecule has 0 aromatic carbocycles. The first-order valence-electron chi connectivity index (χ1n) is 32.4. The molecular formula is C70H162. The van der Waals surface area contributed by atoms with Gasteiger partial charge in [-0.05, 0) is 83.4 Å². The Balaban J connectivity index is -0.0000000593. The van der Waals surface area contributed by atoms with Gasteiger partial charge in [0, 0.05) is 0 Å². The molecule has 0 aliphatic heterocycles. The summed E-state index contributed by atoms with van der Waals surface area (Å²) in [5, 5.41) is 0. The van der Waals surface area contributed by atoms with E-state index >= 15 is 0 Å². The first-order chi connectivity index (χ1) is 32.4. The van der Waals surface area contributed by atoms with Gasteiger partial charge >= 0.3 is 0 Å². The fourth-order valence-electron chi connectivity index (χ4n) is 2.92. The Bertz CT molecular complexity index is 651. The van der Waals surface area contributed by atoms with Crippen molar-refractivity contribution in [3.05, 3.63) is 0 Å². The third-order valence-corrected chi connectivity index (χ3v) is 10.9. The van der Waals surface area contributed by atoms with Crippen LogP contribution in [0.3, 0.4) is 0 Å². The minimum absolute atomic E-state index is 0.500. The van der Waals surface area contributed by atoms with Gasteiger partial charge in [-0.15, -0.1) is 0 Å². The molecule has 0 heteroatoms. The highest BCUT2D eigenvalue weighted by atomic mass is 14.4. The molecule has 5 saturated carbocycles. The summed E-state index contributed by atoms with van der Waals surface area (Å²) in [5.74, 6) is 8.87.